The molecule has 0 aliphatic rings. The molecule has 0 bridgehead atoms. The zero-order valence-electron chi connectivity index (χ0n) is 10.7. The summed E-state index contributed by atoms with van der Waals surface area (Å²) in [5.41, 5.74) is 1.19. The minimum Gasteiger partial charge on any atom is -0.335 e. The first-order chi connectivity index (χ1) is 8.81. The van der Waals surface area contributed by atoms with Gasteiger partial charge in [0.25, 0.3) is 0 Å². The molecule has 0 aliphatic carbocycles. The van der Waals surface area contributed by atoms with Gasteiger partial charge in [0.2, 0.25) is 0 Å². The summed E-state index contributed by atoms with van der Waals surface area (Å²) in [6, 6.07) is 10.2. The Morgan fingerprint density at radius 1 is 1.28 bits per heavy atom. The Kier molecular flexibility index (Phi) is 4.82. The van der Waals surface area contributed by atoms with E-state index in [1.807, 2.05) is 30.6 Å². The highest BCUT2D eigenvalue weighted by molar-refractivity contribution is 6.20. The van der Waals surface area contributed by atoms with Crippen molar-refractivity contribution in [1.82, 2.24) is 9.55 Å². The molecule has 18 heavy (non-hydrogen) atoms. The summed E-state index contributed by atoms with van der Waals surface area (Å²) in [5.74, 6) is 1.14. The molecule has 3 heteroatoms. The Balaban J connectivity index is 1.93. The van der Waals surface area contributed by atoms with Crippen LogP contribution in [0.15, 0.2) is 42.7 Å². The fraction of sp³-hybridized carbons (Fsp3) is 0.400. The van der Waals surface area contributed by atoms with E-state index in [1.54, 1.807) is 0 Å². The van der Waals surface area contributed by atoms with E-state index in [4.69, 9.17) is 11.6 Å². The zero-order chi connectivity index (χ0) is 12.8. The summed E-state index contributed by atoms with van der Waals surface area (Å²) < 4.78 is 2.22. The monoisotopic (exact) mass is 262 g/mol. The maximum absolute atomic E-state index is 6.42. The average Bonchev–Trinajstić information content (AvgIpc) is 2.85. The van der Waals surface area contributed by atoms with Crippen molar-refractivity contribution >= 4 is 11.6 Å². The fourth-order valence-electron chi connectivity index (χ4n) is 2.10. The predicted molar refractivity (Wildman–Crippen MR) is 75.9 cm³/mol. The lowest BCUT2D eigenvalue weighted by atomic mass is 10.1. The van der Waals surface area contributed by atoms with Crippen LogP contribution in [-0.4, -0.2) is 9.55 Å². The first kappa shape index (κ1) is 13.2. The lowest BCUT2D eigenvalue weighted by Crippen LogP contribution is -2.04. The van der Waals surface area contributed by atoms with Crippen molar-refractivity contribution in [1.29, 1.82) is 0 Å². The largest absolute Gasteiger partial charge is 0.335 e. The average molecular weight is 263 g/mol. The summed E-state index contributed by atoms with van der Waals surface area (Å²) in [7, 11) is 0. The van der Waals surface area contributed by atoms with Gasteiger partial charge in [0.15, 0.2) is 0 Å². The van der Waals surface area contributed by atoms with Crippen molar-refractivity contribution in [2.45, 2.75) is 38.1 Å². The molecule has 1 heterocycles. The van der Waals surface area contributed by atoms with Crippen LogP contribution in [0.25, 0.3) is 0 Å². The molecule has 0 aliphatic heterocycles. The molecule has 2 aromatic rings. The quantitative estimate of drug-likeness (QED) is 0.713. The van der Waals surface area contributed by atoms with Crippen molar-refractivity contribution in [3.05, 3.63) is 54.1 Å². The standard InChI is InChI=1S/C15H19ClN2/c1-2-11-18-12-10-17-15(18)9-8-14(16)13-6-4-3-5-7-13/h3-7,10,12,14H,2,8-9,11H2,1H3. The maximum atomic E-state index is 6.42. The van der Waals surface area contributed by atoms with E-state index in [9.17, 15) is 0 Å². The minimum absolute atomic E-state index is 0.0676. The number of aryl methyl sites for hydroxylation is 2. The van der Waals surface area contributed by atoms with Crippen molar-refractivity contribution < 1.29 is 0 Å². The smallest absolute Gasteiger partial charge is 0.108 e. The Labute approximate surface area is 114 Å². The van der Waals surface area contributed by atoms with Gasteiger partial charge < -0.3 is 4.57 Å². The second kappa shape index (κ2) is 6.60. The van der Waals surface area contributed by atoms with Crippen molar-refractivity contribution in [3.8, 4) is 0 Å². The van der Waals surface area contributed by atoms with Gasteiger partial charge in [-0.25, -0.2) is 4.98 Å². The third kappa shape index (κ3) is 3.36. The van der Waals surface area contributed by atoms with Crippen molar-refractivity contribution in [3.63, 3.8) is 0 Å². The normalized spacial score (nSPS) is 12.6. The van der Waals surface area contributed by atoms with E-state index in [0.29, 0.717) is 0 Å². The van der Waals surface area contributed by atoms with Crippen LogP contribution < -0.4 is 0 Å². The first-order valence-electron chi connectivity index (χ1n) is 6.50. The van der Waals surface area contributed by atoms with Gasteiger partial charge in [-0.2, -0.15) is 0 Å². The molecule has 1 unspecified atom stereocenters. The topological polar surface area (TPSA) is 17.8 Å². The van der Waals surface area contributed by atoms with Crippen LogP contribution in [-0.2, 0) is 13.0 Å². The molecule has 0 amide bonds. The molecular formula is C15H19ClN2. The Bertz CT molecular complexity index is 464. The number of benzene rings is 1. The zero-order valence-corrected chi connectivity index (χ0v) is 11.5. The number of imidazole rings is 1. The Morgan fingerprint density at radius 3 is 2.78 bits per heavy atom. The van der Waals surface area contributed by atoms with E-state index < -0.39 is 0 Å². The minimum atomic E-state index is 0.0676. The summed E-state index contributed by atoms with van der Waals surface area (Å²) >= 11 is 6.42. The van der Waals surface area contributed by atoms with Crippen LogP contribution in [0.5, 0.6) is 0 Å². The number of hydrogen-bond donors (Lipinski definition) is 0. The van der Waals surface area contributed by atoms with E-state index >= 15 is 0 Å². The van der Waals surface area contributed by atoms with Gasteiger partial charge in [0.05, 0.1) is 5.38 Å². The molecule has 0 radical (unpaired) electrons. The molecule has 0 spiro atoms. The SMILES string of the molecule is CCCn1ccnc1CCC(Cl)c1ccccc1. The van der Waals surface area contributed by atoms with Crippen LogP contribution in [0.3, 0.4) is 0 Å². The summed E-state index contributed by atoms with van der Waals surface area (Å²) in [4.78, 5) is 4.40. The molecule has 0 saturated heterocycles. The number of halogens is 1. The Hall–Kier alpha value is -1.28. The molecule has 0 saturated carbocycles. The number of nitrogens with zero attached hydrogens (tertiary/aromatic N) is 2. The van der Waals surface area contributed by atoms with Crippen LogP contribution in [0.2, 0.25) is 0 Å². The molecule has 0 fully saturated rings. The van der Waals surface area contributed by atoms with E-state index in [-0.39, 0.29) is 5.38 Å². The number of aromatic nitrogens is 2. The van der Waals surface area contributed by atoms with Crippen molar-refractivity contribution in [2.24, 2.45) is 0 Å². The third-order valence-electron chi connectivity index (χ3n) is 3.05. The molecular weight excluding hydrogens is 244 g/mol. The molecule has 2 rings (SSSR count). The molecule has 1 aromatic heterocycles. The van der Waals surface area contributed by atoms with Crippen LogP contribution in [0.1, 0.15) is 36.5 Å². The molecule has 0 N–H and O–H groups in total. The molecule has 1 aromatic carbocycles. The lowest BCUT2D eigenvalue weighted by molar-refractivity contribution is 0.619. The number of hydrogen-bond acceptors (Lipinski definition) is 1. The maximum Gasteiger partial charge on any atom is 0.108 e. The second-order valence-corrected chi connectivity index (χ2v) is 4.98. The van der Waals surface area contributed by atoms with Crippen LogP contribution in [0.4, 0.5) is 0 Å². The second-order valence-electron chi connectivity index (χ2n) is 4.45. The highest BCUT2D eigenvalue weighted by Gasteiger charge is 2.09. The molecule has 1 atom stereocenters. The van der Waals surface area contributed by atoms with Gasteiger partial charge in [-0.3, -0.25) is 0 Å². The van der Waals surface area contributed by atoms with Crippen molar-refractivity contribution in [2.75, 3.05) is 0 Å². The molecule has 96 valence electrons. The summed E-state index contributed by atoms with van der Waals surface area (Å²) in [5, 5.41) is 0.0676. The third-order valence-corrected chi connectivity index (χ3v) is 3.52. The van der Waals surface area contributed by atoms with Gasteiger partial charge in [-0.05, 0) is 18.4 Å². The summed E-state index contributed by atoms with van der Waals surface area (Å²) in [6.45, 7) is 3.21. The highest BCUT2D eigenvalue weighted by atomic mass is 35.5. The Morgan fingerprint density at radius 2 is 2.06 bits per heavy atom. The first-order valence-corrected chi connectivity index (χ1v) is 6.94. The number of rotatable bonds is 6. The van der Waals surface area contributed by atoms with Gasteiger partial charge in [-0.15, -0.1) is 11.6 Å². The van der Waals surface area contributed by atoms with Gasteiger partial charge in [0, 0.05) is 25.4 Å². The van der Waals surface area contributed by atoms with Crippen LogP contribution in [0, 0.1) is 0 Å². The van der Waals surface area contributed by atoms with E-state index in [1.165, 1.54) is 5.56 Å². The highest BCUT2D eigenvalue weighted by Crippen LogP contribution is 2.25. The van der Waals surface area contributed by atoms with Gasteiger partial charge in [0.1, 0.15) is 5.82 Å². The fourth-order valence-corrected chi connectivity index (χ4v) is 2.35. The predicted octanol–water partition coefficient (Wildman–Crippen LogP) is 4.21. The molecule has 2 nitrogen and oxygen atoms in total. The summed E-state index contributed by atoms with van der Waals surface area (Å²) in [6.07, 6.45) is 6.90. The van der Waals surface area contributed by atoms with E-state index in [0.717, 1.165) is 31.6 Å². The van der Waals surface area contributed by atoms with Gasteiger partial charge >= 0.3 is 0 Å². The van der Waals surface area contributed by atoms with E-state index in [2.05, 4.69) is 28.6 Å². The van der Waals surface area contributed by atoms with Gasteiger partial charge in [-0.1, -0.05) is 37.3 Å². The van der Waals surface area contributed by atoms with Crippen LogP contribution >= 0.6 is 11.6 Å². The lowest BCUT2D eigenvalue weighted by Gasteiger charge is -2.10. The number of alkyl halides is 1.